The third-order valence-corrected chi connectivity index (χ3v) is 5.97. The van der Waals surface area contributed by atoms with Crippen molar-refractivity contribution in [3.05, 3.63) is 94.8 Å². The second-order valence-corrected chi connectivity index (χ2v) is 8.43. The fourth-order valence-corrected chi connectivity index (χ4v) is 4.35. The zero-order valence-corrected chi connectivity index (χ0v) is 18.3. The van der Waals surface area contributed by atoms with Crippen molar-refractivity contribution in [3.8, 4) is 0 Å². The second kappa shape index (κ2) is 9.44. The summed E-state index contributed by atoms with van der Waals surface area (Å²) in [6.45, 7) is 4.18. The third-order valence-electron chi connectivity index (χ3n) is 5.97. The number of fused-ring (bicyclic) bond motifs is 2. The van der Waals surface area contributed by atoms with Crippen LogP contribution in [0.4, 0.5) is 15.8 Å². The predicted molar refractivity (Wildman–Crippen MR) is 125 cm³/mol. The topological polar surface area (TPSA) is 23.6 Å². The van der Waals surface area contributed by atoms with E-state index in [2.05, 4.69) is 54.3 Å². The molecule has 3 aromatic rings. The zero-order valence-electron chi connectivity index (χ0n) is 18.3. The summed E-state index contributed by atoms with van der Waals surface area (Å²) in [6, 6.07) is 21.2. The van der Waals surface area contributed by atoms with E-state index in [4.69, 9.17) is 0 Å². The van der Waals surface area contributed by atoms with Gasteiger partial charge in [-0.3, -0.25) is 9.69 Å². The first-order chi connectivity index (χ1) is 15.0. The second-order valence-electron chi connectivity index (χ2n) is 8.43. The SMILES string of the molecule is Cc1ccc2c(c1)CCc1ccccc1N2CCCN(C)CC(=O)c1ccc(F)cc1. The molecule has 1 heterocycles. The summed E-state index contributed by atoms with van der Waals surface area (Å²) in [7, 11) is 1.97. The van der Waals surface area contributed by atoms with E-state index in [0.717, 1.165) is 32.4 Å². The van der Waals surface area contributed by atoms with Crippen LogP contribution in [0.25, 0.3) is 0 Å². The monoisotopic (exact) mass is 416 g/mol. The molecule has 31 heavy (non-hydrogen) atoms. The van der Waals surface area contributed by atoms with Crippen molar-refractivity contribution in [3.63, 3.8) is 0 Å². The molecule has 0 radical (unpaired) electrons. The van der Waals surface area contributed by atoms with E-state index >= 15 is 0 Å². The Morgan fingerprint density at radius 1 is 0.968 bits per heavy atom. The Balaban J connectivity index is 1.43. The van der Waals surface area contributed by atoms with Gasteiger partial charge in [-0.15, -0.1) is 0 Å². The summed E-state index contributed by atoms with van der Waals surface area (Å²) in [4.78, 5) is 16.9. The summed E-state index contributed by atoms with van der Waals surface area (Å²) in [5.74, 6) is -0.304. The number of Topliss-reactive ketones (excluding diaryl/α,β-unsaturated/α-hetero) is 1. The molecule has 0 aromatic heterocycles. The highest BCUT2D eigenvalue weighted by atomic mass is 19.1. The van der Waals surface area contributed by atoms with Gasteiger partial charge < -0.3 is 4.90 Å². The van der Waals surface area contributed by atoms with Gasteiger partial charge in [-0.05, 0) is 80.8 Å². The minimum atomic E-state index is -0.321. The van der Waals surface area contributed by atoms with Gasteiger partial charge in [0.25, 0.3) is 0 Å². The molecule has 0 amide bonds. The van der Waals surface area contributed by atoms with Crippen LogP contribution >= 0.6 is 0 Å². The number of likely N-dealkylation sites (N-methyl/N-ethyl adjacent to an activating group) is 1. The summed E-state index contributed by atoms with van der Waals surface area (Å²) < 4.78 is 13.1. The van der Waals surface area contributed by atoms with Gasteiger partial charge in [0.05, 0.1) is 6.54 Å². The van der Waals surface area contributed by atoms with Gasteiger partial charge in [0.2, 0.25) is 0 Å². The third kappa shape index (κ3) is 5.02. The van der Waals surface area contributed by atoms with Crippen molar-refractivity contribution >= 4 is 17.2 Å². The molecule has 3 aromatic carbocycles. The van der Waals surface area contributed by atoms with Crippen molar-refractivity contribution in [2.24, 2.45) is 0 Å². The quantitative estimate of drug-likeness (QED) is 0.470. The standard InChI is InChI=1S/C27H29FN2O/c1-20-8-15-26-23(18-20)10-9-21-6-3-4-7-25(21)30(26)17-5-16-29(2)19-27(31)22-11-13-24(28)14-12-22/h3-4,6-8,11-15,18H,5,9-10,16-17,19H2,1-2H3. The van der Waals surface area contributed by atoms with Crippen LogP contribution in [0.3, 0.4) is 0 Å². The Morgan fingerprint density at radius 2 is 1.68 bits per heavy atom. The van der Waals surface area contributed by atoms with E-state index < -0.39 is 0 Å². The lowest BCUT2D eigenvalue weighted by atomic mass is 10.0. The smallest absolute Gasteiger partial charge is 0.176 e. The van der Waals surface area contributed by atoms with Crippen LogP contribution < -0.4 is 4.90 Å². The summed E-state index contributed by atoms with van der Waals surface area (Å²) in [5, 5.41) is 0. The number of para-hydroxylation sites is 1. The number of hydrogen-bond donors (Lipinski definition) is 0. The average Bonchev–Trinajstić information content (AvgIpc) is 2.91. The van der Waals surface area contributed by atoms with Crippen LogP contribution in [0.5, 0.6) is 0 Å². The molecule has 0 unspecified atom stereocenters. The molecule has 0 atom stereocenters. The number of carbonyl (C=O) groups excluding carboxylic acids is 1. The van der Waals surface area contributed by atoms with Gasteiger partial charge in [-0.25, -0.2) is 4.39 Å². The number of rotatable bonds is 7. The van der Waals surface area contributed by atoms with Crippen LogP contribution in [0.2, 0.25) is 0 Å². The highest BCUT2D eigenvalue weighted by Crippen LogP contribution is 2.36. The minimum absolute atomic E-state index is 0.0171. The molecular formula is C27H29FN2O. The van der Waals surface area contributed by atoms with Gasteiger partial charge in [0, 0.05) is 30.0 Å². The van der Waals surface area contributed by atoms with Crippen LogP contribution in [0.1, 0.15) is 33.5 Å². The highest BCUT2D eigenvalue weighted by Gasteiger charge is 2.20. The Kier molecular flexibility index (Phi) is 6.47. The fraction of sp³-hybridized carbons (Fsp3) is 0.296. The maximum atomic E-state index is 13.1. The van der Waals surface area contributed by atoms with Crippen LogP contribution in [0, 0.1) is 12.7 Å². The number of halogens is 1. The number of benzene rings is 3. The molecule has 160 valence electrons. The lowest BCUT2D eigenvalue weighted by molar-refractivity contribution is 0.0946. The predicted octanol–water partition coefficient (Wildman–Crippen LogP) is 5.58. The lowest BCUT2D eigenvalue weighted by Gasteiger charge is -2.28. The van der Waals surface area contributed by atoms with Crippen LogP contribution in [0.15, 0.2) is 66.7 Å². The molecule has 0 aliphatic carbocycles. The number of carbonyl (C=O) groups is 1. The lowest BCUT2D eigenvalue weighted by Crippen LogP contribution is -2.30. The molecule has 3 nitrogen and oxygen atoms in total. The molecule has 0 bridgehead atoms. The molecule has 0 N–H and O–H groups in total. The van der Waals surface area contributed by atoms with Crippen LogP contribution in [-0.4, -0.2) is 37.4 Å². The largest absolute Gasteiger partial charge is 0.341 e. The molecule has 4 heteroatoms. The fourth-order valence-electron chi connectivity index (χ4n) is 4.35. The van der Waals surface area contributed by atoms with Crippen molar-refractivity contribution < 1.29 is 9.18 Å². The Morgan fingerprint density at radius 3 is 2.48 bits per heavy atom. The molecule has 0 fully saturated rings. The maximum absolute atomic E-state index is 13.1. The summed E-state index contributed by atoms with van der Waals surface area (Å²) >= 11 is 0. The number of aryl methyl sites for hydroxylation is 3. The Labute approximate surface area is 184 Å². The van der Waals surface area contributed by atoms with Crippen LogP contribution in [-0.2, 0) is 12.8 Å². The zero-order chi connectivity index (χ0) is 21.8. The van der Waals surface area contributed by atoms with E-state index in [1.807, 2.05) is 11.9 Å². The number of nitrogens with zero attached hydrogens (tertiary/aromatic N) is 2. The van der Waals surface area contributed by atoms with Gasteiger partial charge >= 0.3 is 0 Å². The maximum Gasteiger partial charge on any atom is 0.176 e. The highest BCUT2D eigenvalue weighted by molar-refractivity contribution is 5.97. The van der Waals surface area contributed by atoms with Crippen molar-refractivity contribution in [1.29, 1.82) is 0 Å². The van der Waals surface area contributed by atoms with Crippen molar-refractivity contribution in [2.75, 3.05) is 31.6 Å². The van der Waals surface area contributed by atoms with E-state index in [-0.39, 0.29) is 11.6 Å². The molecule has 1 aliphatic rings. The normalized spacial score (nSPS) is 13.0. The first-order valence-corrected chi connectivity index (χ1v) is 10.9. The van der Waals surface area contributed by atoms with Gasteiger partial charge in [0.1, 0.15) is 5.82 Å². The van der Waals surface area contributed by atoms with E-state index in [0.29, 0.717) is 12.1 Å². The van der Waals surface area contributed by atoms with Crippen molar-refractivity contribution in [1.82, 2.24) is 4.90 Å². The molecular weight excluding hydrogens is 387 g/mol. The molecule has 1 aliphatic heterocycles. The first kappa shape index (κ1) is 21.3. The van der Waals surface area contributed by atoms with E-state index in [1.165, 1.54) is 40.2 Å². The molecule has 4 rings (SSSR count). The summed E-state index contributed by atoms with van der Waals surface area (Å²) in [6.07, 6.45) is 3.04. The van der Waals surface area contributed by atoms with Gasteiger partial charge in [-0.1, -0.05) is 35.9 Å². The minimum Gasteiger partial charge on any atom is -0.341 e. The number of hydrogen-bond acceptors (Lipinski definition) is 3. The molecule has 0 saturated carbocycles. The van der Waals surface area contributed by atoms with E-state index in [9.17, 15) is 9.18 Å². The number of anilines is 2. The summed E-state index contributed by atoms with van der Waals surface area (Å²) in [5.41, 5.74) is 7.21. The number of ketones is 1. The van der Waals surface area contributed by atoms with Gasteiger partial charge in [-0.2, -0.15) is 0 Å². The van der Waals surface area contributed by atoms with Crippen molar-refractivity contribution in [2.45, 2.75) is 26.2 Å². The molecule has 0 saturated heterocycles. The van der Waals surface area contributed by atoms with E-state index in [1.54, 1.807) is 12.1 Å². The molecule has 0 spiro atoms. The average molecular weight is 417 g/mol. The Hall–Kier alpha value is -2.98. The van der Waals surface area contributed by atoms with Gasteiger partial charge in [0.15, 0.2) is 5.78 Å². The Bertz CT molecular complexity index is 1060. The first-order valence-electron chi connectivity index (χ1n) is 10.9.